The predicted octanol–water partition coefficient (Wildman–Crippen LogP) is 2.12. The molecule has 94 valence electrons. The molecule has 0 amide bonds. The number of halogens is 1. The standard InChI is InChI=1S/C12H16FNO2S/c1-8(14)12(17-7-11(15)16-2)9-3-5-10(13)6-4-9/h3-6,8,12H,7,14H2,1-2H3. The minimum Gasteiger partial charge on any atom is -0.468 e. The summed E-state index contributed by atoms with van der Waals surface area (Å²) >= 11 is 1.40. The maximum Gasteiger partial charge on any atom is 0.315 e. The molecule has 0 spiro atoms. The van der Waals surface area contributed by atoms with Gasteiger partial charge in [0.1, 0.15) is 5.82 Å². The van der Waals surface area contributed by atoms with E-state index in [0.29, 0.717) is 0 Å². The van der Waals surface area contributed by atoms with E-state index in [-0.39, 0.29) is 28.8 Å². The molecule has 17 heavy (non-hydrogen) atoms. The van der Waals surface area contributed by atoms with Gasteiger partial charge in [0.25, 0.3) is 0 Å². The van der Waals surface area contributed by atoms with Gasteiger partial charge in [0, 0.05) is 11.3 Å². The first kappa shape index (κ1) is 14.0. The van der Waals surface area contributed by atoms with Crippen LogP contribution >= 0.6 is 11.8 Å². The summed E-state index contributed by atoms with van der Waals surface area (Å²) in [5, 5.41) is -0.0466. The van der Waals surface area contributed by atoms with Crippen LogP contribution in [0.25, 0.3) is 0 Å². The number of ether oxygens (including phenoxy) is 1. The van der Waals surface area contributed by atoms with Crippen molar-refractivity contribution in [2.45, 2.75) is 18.2 Å². The van der Waals surface area contributed by atoms with Crippen LogP contribution in [0.5, 0.6) is 0 Å². The van der Waals surface area contributed by atoms with Gasteiger partial charge in [-0.25, -0.2) is 4.39 Å². The lowest BCUT2D eigenvalue weighted by molar-refractivity contribution is -0.137. The molecule has 0 aliphatic rings. The predicted molar refractivity (Wildman–Crippen MR) is 67.3 cm³/mol. The van der Waals surface area contributed by atoms with Crippen molar-refractivity contribution in [1.82, 2.24) is 0 Å². The van der Waals surface area contributed by atoms with Crippen molar-refractivity contribution in [3.8, 4) is 0 Å². The number of nitrogens with two attached hydrogens (primary N) is 1. The highest BCUT2D eigenvalue weighted by molar-refractivity contribution is 8.00. The molecular formula is C12H16FNO2S. The average Bonchev–Trinajstić information content (AvgIpc) is 2.31. The quantitative estimate of drug-likeness (QED) is 0.821. The summed E-state index contributed by atoms with van der Waals surface area (Å²) in [6.07, 6.45) is 0. The first-order chi connectivity index (χ1) is 8.04. The number of benzene rings is 1. The Morgan fingerprint density at radius 2 is 2.06 bits per heavy atom. The highest BCUT2D eigenvalue weighted by Gasteiger charge is 2.18. The van der Waals surface area contributed by atoms with Crippen molar-refractivity contribution in [1.29, 1.82) is 0 Å². The molecule has 5 heteroatoms. The molecule has 1 aromatic carbocycles. The van der Waals surface area contributed by atoms with Crippen molar-refractivity contribution >= 4 is 17.7 Å². The van der Waals surface area contributed by atoms with Crippen LogP contribution in [0.4, 0.5) is 4.39 Å². The van der Waals surface area contributed by atoms with Gasteiger partial charge in [0.05, 0.1) is 12.9 Å². The molecule has 0 aliphatic heterocycles. The lowest BCUT2D eigenvalue weighted by Crippen LogP contribution is -2.23. The van der Waals surface area contributed by atoms with E-state index in [9.17, 15) is 9.18 Å². The summed E-state index contributed by atoms with van der Waals surface area (Å²) in [6, 6.07) is 6.03. The third-order valence-electron chi connectivity index (χ3n) is 2.28. The molecule has 0 saturated heterocycles. The Kier molecular flexibility index (Phi) is 5.44. The molecule has 3 nitrogen and oxygen atoms in total. The fourth-order valence-corrected chi connectivity index (χ4v) is 2.51. The van der Waals surface area contributed by atoms with Crippen molar-refractivity contribution in [3.05, 3.63) is 35.6 Å². The Morgan fingerprint density at radius 3 is 2.53 bits per heavy atom. The summed E-state index contributed by atoms with van der Waals surface area (Å²) in [7, 11) is 1.35. The third kappa shape index (κ3) is 4.36. The van der Waals surface area contributed by atoms with Crippen LogP contribution in [0.15, 0.2) is 24.3 Å². The second-order valence-electron chi connectivity index (χ2n) is 3.72. The molecule has 0 aliphatic carbocycles. The lowest BCUT2D eigenvalue weighted by Gasteiger charge is -2.20. The van der Waals surface area contributed by atoms with Gasteiger partial charge in [-0.05, 0) is 24.6 Å². The molecule has 1 aromatic rings. The van der Waals surface area contributed by atoms with Crippen LogP contribution in [0.3, 0.4) is 0 Å². The summed E-state index contributed by atoms with van der Waals surface area (Å²) in [5.41, 5.74) is 6.78. The van der Waals surface area contributed by atoms with Crippen molar-refractivity contribution in [3.63, 3.8) is 0 Å². The minimum absolute atomic E-state index is 0.0466. The summed E-state index contributed by atoms with van der Waals surface area (Å²) < 4.78 is 17.4. The smallest absolute Gasteiger partial charge is 0.315 e. The maximum absolute atomic E-state index is 12.8. The molecule has 0 heterocycles. The monoisotopic (exact) mass is 257 g/mol. The molecule has 0 saturated carbocycles. The number of carbonyl (C=O) groups excluding carboxylic acids is 1. The SMILES string of the molecule is COC(=O)CSC(c1ccc(F)cc1)C(C)N. The number of hydrogen-bond acceptors (Lipinski definition) is 4. The molecular weight excluding hydrogens is 241 g/mol. The van der Waals surface area contributed by atoms with E-state index in [4.69, 9.17) is 5.73 Å². The number of hydrogen-bond donors (Lipinski definition) is 1. The average molecular weight is 257 g/mol. The number of thioether (sulfide) groups is 1. The van der Waals surface area contributed by atoms with Crippen LogP contribution < -0.4 is 5.73 Å². The van der Waals surface area contributed by atoms with Crippen LogP contribution in [-0.4, -0.2) is 24.9 Å². The van der Waals surface area contributed by atoms with Crippen LogP contribution in [0.1, 0.15) is 17.7 Å². The fourth-order valence-electron chi connectivity index (χ4n) is 1.42. The highest BCUT2D eigenvalue weighted by atomic mass is 32.2. The minimum atomic E-state index is -0.289. The lowest BCUT2D eigenvalue weighted by atomic mass is 10.1. The maximum atomic E-state index is 12.8. The Labute approximate surface area is 105 Å². The third-order valence-corrected chi connectivity index (χ3v) is 3.75. The van der Waals surface area contributed by atoms with Gasteiger partial charge in [-0.15, -0.1) is 11.8 Å². The van der Waals surface area contributed by atoms with Crippen molar-refractivity contribution < 1.29 is 13.9 Å². The summed E-state index contributed by atoms with van der Waals surface area (Å²) in [6.45, 7) is 1.86. The van der Waals surface area contributed by atoms with Crippen LogP contribution in [0.2, 0.25) is 0 Å². The Morgan fingerprint density at radius 1 is 1.47 bits per heavy atom. The van der Waals surface area contributed by atoms with Crippen LogP contribution in [-0.2, 0) is 9.53 Å². The normalized spacial score (nSPS) is 14.1. The second kappa shape index (κ2) is 6.61. The van der Waals surface area contributed by atoms with E-state index in [0.717, 1.165) is 5.56 Å². The zero-order valence-electron chi connectivity index (χ0n) is 9.85. The van der Waals surface area contributed by atoms with E-state index >= 15 is 0 Å². The summed E-state index contributed by atoms with van der Waals surface area (Å²) in [4.78, 5) is 11.1. The van der Waals surface area contributed by atoms with E-state index < -0.39 is 0 Å². The largest absolute Gasteiger partial charge is 0.468 e. The van der Waals surface area contributed by atoms with E-state index in [1.807, 2.05) is 6.92 Å². The van der Waals surface area contributed by atoms with Crippen molar-refractivity contribution in [2.24, 2.45) is 5.73 Å². The van der Waals surface area contributed by atoms with Gasteiger partial charge < -0.3 is 10.5 Å². The van der Waals surface area contributed by atoms with Crippen LogP contribution in [0, 0.1) is 5.82 Å². The van der Waals surface area contributed by atoms with Gasteiger partial charge in [-0.1, -0.05) is 12.1 Å². The van der Waals surface area contributed by atoms with Gasteiger partial charge in [-0.3, -0.25) is 4.79 Å². The molecule has 2 atom stereocenters. The molecule has 2 N–H and O–H groups in total. The van der Waals surface area contributed by atoms with E-state index in [2.05, 4.69) is 4.74 Å². The Balaban J connectivity index is 2.72. The van der Waals surface area contributed by atoms with E-state index in [1.165, 1.54) is 31.0 Å². The molecule has 0 radical (unpaired) electrons. The first-order valence-electron chi connectivity index (χ1n) is 5.24. The zero-order valence-corrected chi connectivity index (χ0v) is 10.7. The zero-order chi connectivity index (χ0) is 12.8. The second-order valence-corrected chi connectivity index (χ2v) is 4.85. The van der Waals surface area contributed by atoms with Gasteiger partial charge in [0.15, 0.2) is 0 Å². The first-order valence-corrected chi connectivity index (χ1v) is 6.29. The van der Waals surface area contributed by atoms with Crippen molar-refractivity contribution in [2.75, 3.05) is 12.9 Å². The molecule has 0 aromatic heterocycles. The molecule has 2 unspecified atom stereocenters. The van der Waals surface area contributed by atoms with E-state index in [1.54, 1.807) is 12.1 Å². The summed E-state index contributed by atoms with van der Waals surface area (Å²) in [5.74, 6) is -0.335. The van der Waals surface area contributed by atoms with Gasteiger partial charge >= 0.3 is 5.97 Å². The Bertz CT molecular complexity index is 367. The number of rotatable bonds is 5. The molecule has 0 fully saturated rings. The van der Waals surface area contributed by atoms with Gasteiger partial charge in [0.2, 0.25) is 0 Å². The number of carbonyl (C=O) groups is 1. The topological polar surface area (TPSA) is 52.3 Å². The molecule has 1 rings (SSSR count). The highest BCUT2D eigenvalue weighted by Crippen LogP contribution is 2.31. The Hall–Kier alpha value is -1.07. The van der Waals surface area contributed by atoms with Gasteiger partial charge in [-0.2, -0.15) is 0 Å². The fraction of sp³-hybridized carbons (Fsp3) is 0.417. The number of esters is 1. The molecule has 0 bridgehead atoms. The number of methoxy groups -OCH3 is 1.